The van der Waals surface area contributed by atoms with E-state index in [4.69, 9.17) is 0 Å². The summed E-state index contributed by atoms with van der Waals surface area (Å²) in [5, 5.41) is 3.19. The quantitative estimate of drug-likeness (QED) is 0.697. The van der Waals surface area contributed by atoms with Crippen molar-refractivity contribution in [2.24, 2.45) is 5.92 Å². The molecule has 1 unspecified atom stereocenters. The number of hydrogen-bond donors (Lipinski definition) is 1. The van der Waals surface area contributed by atoms with Crippen LogP contribution in [0.1, 0.15) is 30.0 Å². The third kappa shape index (κ3) is 3.89. The number of para-hydroxylation sites is 1. The van der Waals surface area contributed by atoms with Gasteiger partial charge in [0.1, 0.15) is 5.82 Å². The van der Waals surface area contributed by atoms with E-state index in [2.05, 4.69) is 31.5 Å². The van der Waals surface area contributed by atoms with Crippen LogP contribution in [0.3, 0.4) is 0 Å². The van der Waals surface area contributed by atoms with Gasteiger partial charge in [0.2, 0.25) is 0 Å². The van der Waals surface area contributed by atoms with Gasteiger partial charge in [-0.15, -0.1) is 0 Å². The Kier molecular flexibility index (Phi) is 5.38. The van der Waals surface area contributed by atoms with Crippen molar-refractivity contribution in [3.63, 3.8) is 0 Å². The van der Waals surface area contributed by atoms with Crippen LogP contribution in [0, 0.1) is 18.7 Å². The molecule has 0 radical (unpaired) electrons. The molecule has 2 heteroatoms. The third-order valence-corrected chi connectivity index (χ3v) is 4.20. The van der Waals surface area contributed by atoms with Gasteiger partial charge in [-0.2, -0.15) is 0 Å². The summed E-state index contributed by atoms with van der Waals surface area (Å²) in [7, 11) is 1.90. The molecule has 0 saturated carbocycles. The summed E-state index contributed by atoms with van der Waals surface area (Å²) in [5.41, 5.74) is 5.49. The van der Waals surface area contributed by atoms with Crippen molar-refractivity contribution in [1.82, 2.24) is 0 Å². The van der Waals surface area contributed by atoms with Crippen LogP contribution in [0.4, 0.5) is 10.1 Å². The van der Waals surface area contributed by atoms with E-state index in [9.17, 15) is 4.39 Å². The monoisotopic (exact) mass is 309 g/mol. The van der Waals surface area contributed by atoms with Crippen LogP contribution in [0.5, 0.6) is 0 Å². The Morgan fingerprint density at radius 3 is 2.48 bits per heavy atom. The molecule has 0 aliphatic rings. The van der Waals surface area contributed by atoms with E-state index in [1.54, 1.807) is 6.07 Å². The predicted molar refractivity (Wildman–Crippen MR) is 99.0 cm³/mol. The Hall–Kier alpha value is -2.35. The molecule has 0 aliphatic carbocycles. The molecule has 23 heavy (non-hydrogen) atoms. The second kappa shape index (κ2) is 7.28. The molecular formula is C21H24FN. The number of halogens is 1. The van der Waals surface area contributed by atoms with Gasteiger partial charge in [-0.05, 0) is 48.1 Å². The molecule has 0 amide bonds. The number of allylic oxidation sites excluding steroid dienone is 2. The minimum Gasteiger partial charge on any atom is -0.388 e. The van der Waals surface area contributed by atoms with Gasteiger partial charge in [-0.1, -0.05) is 50.4 Å². The van der Waals surface area contributed by atoms with E-state index in [0.29, 0.717) is 12.0 Å². The van der Waals surface area contributed by atoms with Crippen molar-refractivity contribution in [1.29, 1.82) is 0 Å². The summed E-state index contributed by atoms with van der Waals surface area (Å²) in [6.45, 7) is 12.3. The molecule has 120 valence electrons. The predicted octanol–water partition coefficient (Wildman–Crippen LogP) is 5.93. The summed E-state index contributed by atoms with van der Waals surface area (Å²) in [6.07, 6.45) is 0.677. The zero-order chi connectivity index (χ0) is 17.0. The van der Waals surface area contributed by atoms with Gasteiger partial charge in [0.25, 0.3) is 0 Å². The summed E-state index contributed by atoms with van der Waals surface area (Å²) < 4.78 is 14.1. The first-order chi connectivity index (χ1) is 10.9. The average molecular weight is 309 g/mol. The Morgan fingerprint density at radius 1 is 1.13 bits per heavy atom. The molecule has 1 N–H and O–H groups in total. The van der Waals surface area contributed by atoms with Crippen LogP contribution in [0.25, 0.3) is 11.1 Å². The lowest BCUT2D eigenvalue weighted by atomic mass is 9.87. The highest BCUT2D eigenvalue weighted by atomic mass is 19.1. The molecule has 1 nitrogen and oxygen atoms in total. The molecule has 0 heterocycles. The van der Waals surface area contributed by atoms with Crippen molar-refractivity contribution in [2.45, 2.75) is 20.3 Å². The van der Waals surface area contributed by atoms with Gasteiger partial charge in [-0.25, -0.2) is 4.39 Å². The van der Waals surface area contributed by atoms with Crippen molar-refractivity contribution >= 4 is 16.8 Å². The second-order valence-electron chi connectivity index (χ2n) is 6.01. The van der Waals surface area contributed by atoms with Crippen molar-refractivity contribution in [3.05, 3.63) is 78.1 Å². The van der Waals surface area contributed by atoms with Gasteiger partial charge in [0.15, 0.2) is 0 Å². The molecule has 0 fully saturated rings. The third-order valence-electron chi connectivity index (χ3n) is 4.20. The molecule has 2 aromatic rings. The minimum atomic E-state index is -0.205. The van der Waals surface area contributed by atoms with E-state index >= 15 is 0 Å². The molecule has 2 aromatic carbocycles. The van der Waals surface area contributed by atoms with Crippen LogP contribution in [-0.2, 0) is 0 Å². The largest absolute Gasteiger partial charge is 0.388 e. The van der Waals surface area contributed by atoms with Crippen LogP contribution >= 0.6 is 0 Å². The number of anilines is 1. The van der Waals surface area contributed by atoms with Gasteiger partial charge >= 0.3 is 0 Å². The topological polar surface area (TPSA) is 12.0 Å². The maximum atomic E-state index is 14.1. The average Bonchev–Trinajstić information content (AvgIpc) is 2.53. The zero-order valence-electron chi connectivity index (χ0n) is 14.1. The fourth-order valence-corrected chi connectivity index (χ4v) is 2.76. The molecule has 2 rings (SSSR count). The molecule has 0 aromatic heterocycles. The van der Waals surface area contributed by atoms with Crippen molar-refractivity contribution in [2.75, 3.05) is 12.4 Å². The van der Waals surface area contributed by atoms with Crippen LogP contribution < -0.4 is 5.32 Å². The summed E-state index contributed by atoms with van der Waals surface area (Å²) >= 11 is 0. The lowest BCUT2D eigenvalue weighted by Crippen LogP contribution is -2.03. The maximum Gasteiger partial charge on any atom is 0.130 e. The SMILES string of the molecule is C=C(CC(C)C(=C)c1ccccc1NC)c1ccc(C)cc1F. The van der Waals surface area contributed by atoms with Gasteiger partial charge in [0, 0.05) is 23.9 Å². The Labute approximate surface area is 138 Å². The molecule has 0 saturated heterocycles. The zero-order valence-corrected chi connectivity index (χ0v) is 14.1. The highest BCUT2D eigenvalue weighted by Crippen LogP contribution is 2.33. The molecule has 0 spiro atoms. The lowest BCUT2D eigenvalue weighted by Gasteiger charge is -2.19. The Bertz CT molecular complexity index is 730. The van der Waals surface area contributed by atoms with Crippen LogP contribution in [0.15, 0.2) is 55.6 Å². The number of aryl methyl sites for hydroxylation is 1. The number of hydrogen-bond acceptors (Lipinski definition) is 1. The van der Waals surface area contributed by atoms with Crippen molar-refractivity contribution < 1.29 is 4.39 Å². The van der Waals surface area contributed by atoms with E-state index in [1.165, 1.54) is 0 Å². The standard InChI is InChI=1S/C21H24FN/c1-14-10-11-18(20(22)12-14)16(3)13-15(2)17(4)19-8-6-7-9-21(19)23-5/h6-12,15,23H,3-4,13H2,1-2,5H3. The minimum absolute atomic E-state index is 0.178. The first-order valence-electron chi connectivity index (χ1n) is 7.84. The summed E-state index contributed by atoms with van der Waals surface area (Å²) in [6, 6.07) is 13.4. The Morgan fingerprint density at radius 2 is 1.83 bits per heavy atom. The molecule has 0 bridgehead atoms. The number of rotatable bonds is 6. The number of benzene rings is 2. The second-order valence-corrected chi connectivity index (χ2v) is 6.01. The normalized spacial score (nSPS) is 11.8. The molecule has 1 atom stereocenters. The summed E-state index contributed by atoms with van der Waals surface area (Å²) in [5.74, 6) is -0.0267. The maximum absolute atomic E-state index is 14.1. The van der Waals surface area contributed by atoms with E-state index in [-0.39, 0.29) is 11.7 Å². The van der Waals surface area contributed by atoms with E-state index in [1.807, 2.05) is 44.3 Å². The first kappa shape index (κ1) is 17.0. The van der Waals surface area contributed by atoms with Crippen molar-refractivity contribution in [3.8, 4) is 0 Å². The van der Waals surface area contributed by atoms with Crippen LogP contribution in [-0.4, -0.2) is 7.05 Å². The van der Waals surface area contributed by atoms with Gasteiger partial charge in [0.05, 0.1) is 0 Å². The Balaban J connectivity index is 2.16. The molecule has 0 aliphatic heterocycles. The smallest absolute Gasteiger partial charge is 0.130 e. The summed E-state index contributed by atoms with van der Waals surface area (Å²) in [4.78, 5) is 0. The highest BCUT2D eigenvalue weighted by Gasteiger charge is 2.15. The van der Waals surface area contributed by atoms with E-state index < -0.39 is 0 Å². The first-order valence-corrected chi connectivity index (χ1v) is 7.84. The van der Waals surface area contributed by atoms with Crippen LogP contribution in [0.2, 0.25) is 0 Å². The fraction of sp³-hybridized carbons (Fsp3) is 0.238. The molecular weight excluding hydrogens is 285 g/mol. The van der Waals surface area contributed by atoms with Gasteiger partial charge < -0.3 is 5.32 Å². The van der Waals surface area contributed by atoms with E-state index in [0.717, 1.165) is 28.0 Å². The highest BCUT2D eigenvalue weighted by molar-refractivity contribution is 5.77. The fourth-order valence-electron chi connectivity index (χ4n) is 2.76. The number of nitrogens with one attached hydrogen (secondary N) is 1. The lowest BCUT2D eigenvalue weighted by molar-refractivity contribution is 0.620. The van der Waals surface area contributed by atoms with Gasteiger partial charge in [-0.3, -0.25) is 0 Å².